The van der Waals surface area contributed by atoms with Crippen LogP contribution in [0.15, 0.2) is 17.0 Å². The molecule has 0 aliphatic carbocycles. The molecule has 0 aliphatic rings. The van der Waals surface area contributed by atoms with Crippen LogP contribution in [0, 0.1) is 12.7 Å². The molecule has 1 aromatic rings. The number of nitrogen functional groups attached to an aromatic ring is 1. The molecule has 0 aromatic heterocycles. The predicted octanol–water partition coefficient (Wildman–Crippen LogP) is 0.473. The molecule has 0 saturated heterocycles. The Morgan fingerprint density at radius 3 is 2.60 bits per heavy atom. The van der Waals surface area contributed by atoms with Crippen LogP contribution in [-0.4, -0.2) is 39.4 Å². The number of nitrogens with one attached hydrogen (secondary N) is 1. The zero-order valence-corrected chi connectivity index (χ0v) is 12.4. The van der Waals surface area contributed by atoms with Crippen LogP contribution < -0.4 is 10.5 Å². The standard InChI is InChI=1S/C12H18FN3O3S/c1-4-16(3)11(17)7-15-20(18,19)10-6-9(14)5-8(2)12(10)13/h5-6,15H,4,7,14H2,1-3H3. The van der Waals surface area contributed by atoms with E-state index in [2.05, 4.69) is 4.72 Å². The Morgan fingerprint density at radius 1 is 1.45 bits per heavy atom. The Balaban J connectivity index is 2.98. The molecule has 6 nitrogen and oxygen atoms in total. The summed E-state index contributed by atoms with van der Waals surface area (Å²) in [6.07, 6.45) is 0. The average molecular weight is 303 g/mol. The number of amides is 1. The highest BCUT2D eigenvalue weighted by molar-refractivity contribution is 7.89. The summed E-state index contributed by atoms with van der Waals surface area (Å²) >= 11 is 0. The molecule has 0 spiro atoms. The van der Waals surface area contributed by atoms with Gasteiger partial charge in [0, 0.05) is 19.3 Å². The van der Waals surface area contributed by atoms with Crippen molar-refractivity contribution in [3.05, 3.63) is 23.5 Å². The minimum atomic E-state index is -4.13. The molecule has 20 heavy (non-hydrogen) atoms. The smallest absolute Gasteiger partial charge is 0.244 e. The number of halogens is 1. The molecule has 0 aliphatic heterocycles. The monoisotopic (exact) mass is 303 g/mol. The van der Waals surface area contributed by atoms with Crippen LogP contribution in [0.25, 0.3) is 0 Å². The summed E-state index contributed by atoms with van der Waals surface area (Å²) in [6.45, 7) is 3.19. The van der Waals surface area contributed by atoms with Gasteiger partial charge in [0.05, 0.1) is 6.54 Å². The highest BCUT2D eigenvalue weighted by Crippen LogP contribution is 2.21. The van der Waals surface area contributed by atoms with Gasteiger partial charge in [-0.1, -0.05) is 0 Å². The van der Waals surface area contributed by atoms with Crippen LogP contribution >= 0.6 is 0 Å². The third-order valence-electron chi connectivity index (χ3n) is 2.85. The Kier molecular flexibility index (Phi) is 5.07. The van der Waals surface area contributed by atoms with E-state index in [-0.39, 0.29) is 11.3 Å². The predicted molar refractivity (Wildman–Crippen MR) is 74.0 cm³/mol. The fraction of sp³-hybridized carbons (Fsp3) is 0.417. The molecule has 0 fully saturated rings. The van der Waals surface area contributed by atoms with Gasteiger partial charge in [-0.2, -0.15) is 0 Å². The fourth-order valence-electron chi connectivity index (χ4n) is 1.51. The zero-order chi connectivity index (χ0) is 15.5. The Hall–Kier alpha value is -1.67. The number of carbonyl (C=O) groups is 1. The molecule has 0 unspecified atom stereocenters. The molecule has 8 heteroatoms. The number of benzene rings is 1. The van der Waals surface area contributed by atoms with Crippen molar-refractivity contribution in [3.8, 4) is 0 Å². The number of sulfonamides is 1. The number of rotatable bonds is 5. The van der Waals surface area contributed by atoms with Gasteiger partial charge >= 0.3 is 0 Å². The van der Waals surface area contributed by atoms with Crippen molar-refractivity contribution in [2.45, 2.75) is 18.7 Å². The third kappa shape index (κ3) is 3.67. The number of aryl methyl sites for hydroxylation is 1. The van der Waals surface area contributed by atoms with Gasteiger partial charge in [-0.3, -0.25) is 4.79 Å². The first kappa shape index (κ1) is 16.4. The van der Waals surface area contributed by atoms with E-state index in [9.17, 15) is 17.6 Å². The van der Waals surface area contributed by atoms with Crippen molar-refractivity contribution in [1.82, 2.24) is 9.62 Å². The highest BCUT2D eigenvalue weighted by Gasteiger charge is 2.22. The van der Waals surface area contributed by atoms with E-state index >= 15 is 0 Å². The second kappa shape index (κ2) is 6.19. The van der Waals surface area contributed by atoms with Crippen LogP contribution in [0.1, 0.15) is 12.5 Å². The van der Waals surface area contributed by atoms with E-state index in [1.165, 1.54) is 17.9 Å². The van der Waals surface area contributed by atoms with E-state index in [1.807, 2.05) is 0 Å². The number of carbonyl (C=O) groups excluding carboxylic acids is 1. The summed E-state index contributed by atoms with van der Waals surface area (Å²) in [5.41, 5.74) is 5.78. The second-order valence-corrected chi connectivity index (χ2v) is 6.12. The lowest BCUT2D eigenvalue weighted by atomic mass is 10.2. The van der Waals surface area contributed by atoms with Crippen molar-refractivity contribution in [3.63, 3.8) is 0 Å². The van der Waals surface area contributed by atoms with E-state index in [0.29, 0.717) is 6.54 Å². The summed E-state index contributed by atoms with van der Waals surface area (Å²) in [5, 5.41) is 0. The first-order chi connectivity index (χ1) is 9.19. The van der Waals surface area contributed by atoms with Crippen molar-refractivity contribution >= 4 is 21.6 Å². The van der Waals surface area contributed by atoms with Gasteiger partial charge in [0.1, 0.15) is 10.7 Å². The number of anilines is 1. The normalized spacial score (nSPS) is 11.4. The van der Waals surface area contributed by atoms with Gasteiger partial charge in [-0.05, 0) is 31.5 Å². The molecule has 1 rings (SSSR count). The maximum Gasteiger partial charge on any atom is 0.244 e. The maximum atomic E-state index is 13.9. The van der Waals surface area contributed by atoms with E-state index < -0.39 is 33.2 Å². The lowest BCUT2D eigenvalue weighted by molar-refractivity contribution is -0.128. The molecule has 1 amide bonds. The molecule has 0 saturated carbocycles. The molecule has 1 aromatic carbocycles. The lowest BCUT2D eigenvalue weighted by Gasteiger charge is -2.15. The molecule has 112 valence electrons. The maximum absolute atomic E-state index is 13.9. The number of likely N-dealkylation sites (N-methyl/N-ethyl adjacent to an activating group) is 1. The van der Waals surface area contributed by atoms with Crippen LogP contribution in [0.2, 0.25) is 0 Å². The van der Waals surface area contributed by atoms with Crippen LogP contribution in [-0.2, 0) is 14.8 Å². The van der Waals surface area contributed by atoms with Gasteiger partial charge in [0.25, 0.3) is 0 Å². The highest BCUT2D eigenvalue weighted by atomic mass is 32.2. The molecule has 0 atom stereocenters. The topological polar surface area (TPSA) is 92.5 Å². The van der Waals surface area contributed by atoms with Gasteiger partial charge < -0.3 is 10.6 Å². The average Bonchev–Trinajstić information content (AvgIpc) is 2.39. The van der Waals surface area contributed by atoms with Gasteiger partial charge in [0.2, 0.25) is 15.9 Å². The zero-order valence-electron chi connectivity index (χ0n) is 11.6. The lowest BCUT2D eigenvalue weighted by Crippen LogP contribution is -2.38. The molecular weight excluding hydrogens is 285 g/mol. The molecule has 0 heterocycles. The van der Waals surface area contributed by atoms with Crippen molar-refractivity contribution in [2.75, 3.05) is 25.9 Å². The van der Waals surface area contributed by atoms with Crippen molar-refractivity contribution in [1.29, 1.82) is 0 Å². The molecule has 3 N–H and O–H groups in total. The van der Waals surface area contributed by atoms with E-state index in [0.717, 1.165) is 6.07 Å². The summed E-state index contributed by atoms with van der Waals surface area (Å²) in [5.74, 6) is -1.28. The van der Waals surface area contributed by atoms with Gasteiger partial charge in [-0.25, -0.2) is 17.5 Å². The van der Waals surface area contributed by atoms with Crippen LogP contribution in [0.4, 0.5) is 10.1 Å². The van der Waals surface area contributed by atoms with Crippen LogP contribution in [0.3, 0.4) is 0 Å². The second-order valence-electron chi connectivity index (χ2n) is 4.38. The summed E-state index contributed by atoms with van der Waals surface area (Å²) < 4.78 is 39.9. The van der Waals surface area contributed by atoms with Gasteiger partial charge in [-0.15, -0.1) is 0 Å². The third-order valence-corrected chi connectivity index (χ3v) is 4.25. The van der Waals surface area contributed by atoms with Gasteiger partial charge in [0.15, 0.2) is 0 Å². The summed E-state index contributed by atoms with van der Waals surface area (Å²) in [7, 11) is -2.58. The SMILES string of the molecule is CCN(C)C(=O)CNS(=O)(=O)c1cc(N)cc(C)c1F. The first-order valence-electron chi connectivity index (χ1n) is 5.98. The Bertz CT molecular complexity index is 617. The van der Waals surface area contributed by atoms with Crippen molar-refractivity contribution in [2.24, 2.45) is 0 Å². The molecule has 0 radical (unpaired) electrons. The Labute approximate surface area is 117 Å². The van der Waals surface area contributed by atoms with Crippen LogP contribution in [0.5, 0.6) is 0 Å². The van der Waals surface area contributed by atoms with E-state index in [1.54, 1.807) is 14.0 Å². The quantitative estimate of drug-likeness (QED) is 0.774. The number of nitrogens with two attached hydrogens (primary N) is 1. The summed E-state index contributed by atoms with van der Waals surface area (Å²) in [4.78, 5) is 12.3. The minimum Gasteiger partial charge on any atom is -0.399 e. The molecule has 0 bridgehead atoms. The van der Waals surface area contributed by atoms with E-state index in [4.69, 9.17) is 5.73 Å². The summed E-state index contributed by atoms with van der Waals surface area (Å²) in [6, 6.07) is 2.36. The fourth-order valence-corrected chi connectivity index (χ4v) is 2.66. The molecular formula is C12H18FN3O3S. The first-order valence-corrected chi connectivity index (χ1v) is 7.46. The van der Waals surface area contributed by atoms with Crippen molar-refractivity contribution < 1.29 is 17.6 Å². The largest absolute Gasteiger partial charge is 0.399 e. The number of hydrogen-bond acceptors (Lipinski definition) is 4. The number of nitrogens with zero attached hydrogens (tertiary/aromatic N) is 1. The Morgan fingerprint density at radius 2 is 2.05 bits per heavy atom. The minimum absolute atomic E-state index is 0.127. The number of hydrogen-bond donors (Lipinski definition) is 2.